The Bertz CT molecular complexity index is 194. The summed E-state index contributed by atoms with van der Waals surface area (Å²) in [6.45, 7) is 6.15. The quantitative estimate of drug-likeness (QED) is 0.617. The van der Waals surface area contributed by atoms with Gasteiger partial charge in [0.25, 0.3) is 0 Å². The van der Waals surface area contributed by atoms with Crippen molar-refractivity contribution in [2.45, 2.75) is 33.0 Å². The molecule has 0 bridgehead atoms. The van der Waals surface area contributed by atoms with Crippen LogP contribution in [0.15, 0.2) is 23.9 Å². The van der Waals surface area contributed by atoms with Crippen molar-refractivity contribution < 1.29 is 5.11 Å². The van der Waals surface area contributed by atoms with Gasteiger partial charge in [-0.05, 0) is 32.4 Å². The summed E-state index contributed by atoms with van der Waals surface area (Å²) in [4.78, 5) is 1.93. The maximum absolute atomic E-state index is 9.45. The fraction of sp³-hybridized carbons (Fsp3) is 0.556. The van der Waals surface area contributed by atoms with Gasteiger partial charge in [-0.2, -0.15) is 0 Å². The lowest BCUT2D eigenvalue weighted by atomic mass is 10.2. The maximum Gasteiger partial charge on any atom is 0.146 e. The van der Waals surface area contributed by atoms with E-state index in [1.807, 2.05) is 24.1 Å². The standard InChI is InChI=1S/C9H15NO/c1-7(2)10-6-8(3)4-5-9(10)11/h4-7,9,11H,1-3H3. The Morgan fingerprint density at radius 3 is 2.64 bits per heavy atom. The predicted molar refractivity (Wildman–Crippen MR) is 45.9 cm³/mol. The molecule has 0 fully saturated rings. The molecule has 0 aromatic rings. The average molecular weight is 153 g/mol. The molecule has 1 rings (SSSR count). The Morgan fingerprint density at radius 2 is 2.18 bits per heavy atom. The van der Waals surface area contributed by atoms with Gasteiger partial charge in [-0.15, -0.1) is 0 Å². The molecule has 0 amide bonds. The first-order valence-electron chi connectivity index (χ1n) is 3.93. The normalized spacial score (nSPS) is 24.3. The molecule has 0 aliphatic carbocycles. The van der Waals surface area contributed by atoms with Crippen molar-refractivity contribution in [2.75, 3.05) is 0 Å². The van der Waals surface area contributed by atoms with Crippen LogP contribution < -0.4 is 0 Å². The van der Waals surface area contributed by atoms with Crippen molar-refractivity contribution in [1.29, 1.82) is 0 Å². The SMILES string of the molecule is CC1=CN(C(C)C)C(O)C=C1. The van der Waals surface area contributed by atoms with Gasteiger partial charge in [0.1, 0.15) is 6.23 Å². The van der Waals surface area contributed by atoms with Crippen molar-refractivity contribution in [2.24, 2.45) is 0 Å². The molecule has 0 saturated heterocycles. The molecule has 0 saturated carbocycles. The molecule has 1 heterocycles. The fourth-order valence-electron chi connectivity index (χ4n) is 1.15. The topological polar surface area (TPSA) is 23.5 Å². The lowest BCUT2D eigenvalue weighted by Gasteiger charge is -2.31. The molecule has 1 aliphatic heterocycles. The van der Waals surface area contributed by atoms with E-state index >= 15 is 0 Å². The number of hydrogen-bond donors (Lipinski definition) is 1. The molecular weight excluding hydrogens is 138 g/mol. The molecule has 62 valence electrons. The minimum absolute atomic E-state index is 0.352. The van der Waals surface area contributed by atoms with Crippen molar-refractivity contribution in [3.63, 3.8) is 0 Å². The van der Waals surface area contributed by atoms with Crippen LogP contribution in [-0.2, 0) is 0 Å². The number of hydrogen-bond acceptors (Lipinski definition) is 2. The number of aliphatic hydroxyl groups is 1. The summed E-state index contributed by atoms with van der Waals surface area (Å²) in [5, 5.41) is 9.45. The van der Waals surface area contributed by atoms with Crippen LogP contribution in [0.2, 0.25) is 0 Å². The number of nitrogens with zero attached hydrogens (tertiary/aromatic N) is 1. The monoisotopic (exact) mass is 153 g/mol. The summed E-state index contributed by atoms with van der Waals surface area (Å²) in [6.07, 6.45) is 5.27. The molecule has 11 heavy (non-hydrogen) atoms. The number of aliphatic hydroxyl groups excluding tert-OH is 1. The predicted octanol–water partition coefficient (Wildman–Crippen LogP) is 1.49. The van der Waals surface area contributed by atoms with E-state index in [9.17, 15) is 5.11 Å². The van der Waals surface area contributed by atoms with E-state index in [4.69, 9.17) is 0 Å². The Labute approximate surface area is 67.8 Å². The van der Waals surface area contributed by atoms with Gasteiger partial charge in [0.2, 0.25) is 0 Å². The van der Waals surface area contributed by atoms with Crippen molar-refractivity contribution in [3.8, 4) is 0 Å². The Balaban J connectivity index is 2.73. The molecule has 1 unspecified atom stereocenters. The first-order chi connectivity index (χ1) is 5.11. The second kappa shape index (κ2) is 3.09. The first kappa shape index (κ1) is 8.34. The summed E-state index contributed by atoms with van der Waals surface area (Å²) >= 11 is 0. The third-order valence-corrected chi connectivity index (χ3v) is 1.79. The number of allylic oxidation sites excluding steroid dienone is 2. The molecular formula is C9H15NO. The summed E-state index contributed by atoms with van der Waals surface area (Å²) in [5.74, 6) is 0. The van der Waals surface area contributed by atoms with Crippen LogP contribution in [0.4, 0.5) is 0 Å². The minimum atomic E-state index is -0.446. The minimum Gasteiger partial charge on any atom is -0.370 e. The largest absolute Gasteiger partial charge is 0.370 e. The van der Waals surface area contributed by atoms with E-state index in [-0.39, 0.29) is 0 Å². The van der Waals surface area contributed by atoms with E-state index in [1.54, 1.807) is 6.08 Å². The van der Waals surface area contributed by atoms with E-state index in [2.05, 4.69) is 13.8 Å². The highest BCUT2D eigenvalue weighted by Gasteiger charge is 2.14. The van der Waals surface area contributed by atoms with Crippen molar-refractivity contribution in [1.82, 2.24) is 4.90 Å². The number of rotatable bonds is 1. The van der Waals surface area contributed by atoms with Gasteiger partial charge in [-0.25, -0.2) is 0 Å². The zero-order chi connectivity index (χ0) is 8.43. The second-order valence-electron chi connectivity index (χ2n) is 3.19. The van der Waals surface area contributed by atoms with Gasteiger partial charge in [0.05, 0.1) is 0 Å². The van der Waals surface area contributed by atoms with Gasteiger partial charge in [0, 0.05) is 12.2 Å². The molecule has 0 aromatic carbocycles. The molecule has 1 atom stereocenters. The molecule has 1 N–H and O–H groups in total. The average Bonchev–Trinajstić information content (AvgIpc) is 1.94. The molecule has 0 aromatic heterocycles. The van der Waals surface area contributed by atoms with Crippen molar-refractivity contribution in [3.05, 3.63) is 23.9 Å². The third-order valence-electron chi connectivity index (χ3n) is 1.79. The summed E-state index contributed by atoms with van der Waals surface area (Å²) in [5.41, 5.74) is 1.18. The highest BCUT2D eigenvalue weighted by atomic mass is 16.3. The second-order valence-corrected chi connectivity index (χ2v) is 3.19. The summed E-state index contributed by atoms with van der Waals surface area (Å²) in [7, 11) is 0. The van der Waals surface area contributed by atoms with Crippen LogP contribution in [0.3, 0.4) is 0 Å². The van der Waals surface area contributed by atoms with Crippen LogP contribution >= 0.6 is 0 Å². The lowest BCUT2D eigenvalue weighted by molar-refractivity contribution is 0.0558. The molecule has 2 nitrogen and oxygen atoms in total. The highest BCUT2D eigenvalue weighted by Crippen LogP contribution is 2.13. The molecule has 1 aliphatic rings. The van der Waals surface area contributed by atoms with E-state index in [0.717, 1.165) is 0 Å². The Kier molecular flexibility index (Phi) is 2.35. The van der Waals surface area contributed by atoms with Crippen molar-refractivity contribution >= 4 is 0 Å². The summed E-state index contributed by atoms with van der Waals surface area (Å²) in [6, 6.07) is 0.352. The van der Waals surface area contributed by atoms with Crippen LogP contribution in [0, 0.1) is 0 Å². The Morgan fingerprint density at radius 1 is 1.55 bits per heavy atom. The summed E-state index contributed by atoms with van der Waals surface area (Å²) < 4.78 is 0. The first-order valence-corrected chi connectivity index (χ1v) is 3.93. The van der Waals surface area contributed by atoms with Crippen LogP contribution in [0.25, 0.3) is 0 Å². The van der Waals surface area contributed by atoms with Gasteiger partial charge in [-0.1, -0.05) is 6.08 Å². The fourth-order valence-corrected chi connectivity index (χ4v) is 1.15. The van der Waals surface area contributed by atoms with Gasteiger partial charge < -0.3 is 10.0 Å². The van der Waals surface area contributed by atoms with E-state index in [1.165, 1.54) is 5.57 Å². The van der Waals surface area contributed by atoms with Crippen LogP contribution in [-0.4, -0.2) is 22.3 Å². The lowest BCUT2D eigenvalue weighted by Crippen LogP contribution is -2.36. The molecule has 0 radical (unpaired) electrons. The van der Waals surface area contributed by atoms with E-state index in [0.29, 0.717) is 6.04 Å². The van der Waals surface area contributed by atoms with Gasteiger partial charge in [-0.3, -0.25) is 0 Å². The zero-order valence-electron chi connectivity index (χ0n) is 7.28. The van der Waals surface area contributed by atoms with Gasteiger partial charge in [0.15, 0.2) is 0 Å². The molecule has 0 spiro atoms. The Hall–Kier alpha value is -0.760. The van der Waals surface area contributed by atoms with Crippen LogP contribution in [0.1, 0.15) is 20.8 Å². The van der Waals surface area contributed by atoms with E-state index < -0.39 is 6.23 Å². The van der Waals surface area contributed by atoms with Gasteiger partial charge >= 0.3 is 0 Å². The smallest absolute Gasteiger partial charge is 0.146 e. The zero-order valence-corrected chi connectivity index (χ0v) is 7.28. The maximum atomic E-state index is 9.45. The molecule has 2 heteroatoms. The van der Waals surface area contributed by atoms with Crippen LogP contribution in [0.5, 0.6) is 0 Å². The third kappa shape index (κ3) is 1.84. The highest BCUT2D eigenvalue weighted by molar-refractivity contribution is 5.21.